The molecule has 0 saturated carbocycles. The fraction of sp³-hybridized carbons (Fsp3) is 0.250. The number of rotatable bonds is 5. The third kappa shape index (κ3) is 6.12. The highest BCUT2D eigenvalue weighted by Crippen LogP contribution is 2.16. The molecule has 10 heteroatoms. The number of nitrogens with one attached hydrogen (secondary N) is 2. The highest BCUT2D eigenvalue weighted by atomic mass is 79.9. The van der Waals surface area contributed by atoms with Crippen LogP contribution >= 0.6 is 15.9 Å². The molecule has 0 radical (unpaired) electrons. The molecule has 0 heterocycles. The van der Waals surface area contributed by atoms with E-state index in [4.69, 9.17) is 5.11 Å². The zero-order valence-electron chi connectivity index (χ0n) is 10.8. The molecule has 6 nitrogen and oxygen atoms in total. The minimum atomic E-state index is -4.54. The maximum Gasteiger partial charge on any atom is 0.405 e. The summed E-state index contributed by atoms with van der Waals surface area (Å²) in [7, 11) is 0. The zero-order valence-corrected chi connectivity index (χ0v) is 12.4. The third-order valence-electron chi connectivity index (χ3n) is 2.30. The number of amides is 2. The Morgan fingerprint density at radius 3 is 2.23 bits per heavy atom. The smallest absolute Gasteiger partial charge is 0.405 e. The number of carbonyl (C=O) groups excluding carboxylic acids is 2. The minimum absolute atomic E-state index is 0.0459. The minimum Gasteiger partial charge on any atom is -0.478 e. The van der Waals surface area contributed by atoms with Gasteiger partial charge in [0.25, 0.3) is 5.91 Å². The molecule has 0 saturated heterocycles. The molecule has 0 aliphatic rings. The van der Waals surface area contributed by atoms with Gasteiger partial charge >= 0.3 is 12.1 Å². The quantitative estimate of drug-likeness (QED) is 0.719. The first-order valence-corrected chi connectivity index (χ1v) is 6.53. The Balaban J connectivity index is 2.63. The highest BCUT2D eigenvalue weighted by Gasteiger charge is 2.27. The van der Waals surface area contributed by atoms with Crippen molar-refractivity contribution in [3.8, 4) is 0 Å². The Hall–Kier alpha value is -2.10. The molecule has 2 amide bonds. The Bertz CT molecular complexity index is 605. The Morgan fingerprint density at radius 1 is 1.09 bits per heavy atom. The van der Waals surface area contributed by atoms with Crippen molar-refractivity contribution in [3.05, 3.63) is 33.8 Å². The van der Waals surface area contributed by atoms with Crippen LogP contribution in [0.25, 0.3) is 0 Å². The number of alkyl halides is 3. The fourth-order valence-corrected chi connectivity index (χ4v) is 1.86. The van der Waals surface area contributed by atoms with E-state index in [1.165, 1.54) is 12.1 Å². The molecule has 0 atom stereocenters. The van der Waals surface area contributed by atoms with E-state index in [1.54, 1.807) is 5.32 Å². The van der Waals surface area contributed by atoms with Gasteiger partial charge in [0.1, 0.15) is 6.54 Å². The lowest BCUT2D eigenvalue weighted by Crippen LogP contribution is -2.40. The molecule has 0 spiro atoms. The number of benzene rings is 1. The van der Waals surface area contributed by atoms with Crippen LogP contribution in [-0.2, 0) is 4.79 Å². The molecule has 1 rings (SSSR count). The molecule has 0 fully saturated rings. The predicted octanol–water partition coefficient (Wildman–Crippen LogP) is 1.56. The average molecular weight is 383 g/mol. The molecule has 3 N–H and O–H groups in total. The fourth-order valence-electron chi connectivity index (χ4n) is 1.37. The van der Waals surface area contributed by atoms with Gasteiger partial charge in [0.2, 0.25) is 5.91 Å². The molecule has 0 bridgehead atoms. The molecule has 0 aromatic heterocycles. The normalized spacial score (nSPS) is 10.9. The Labute approximate surface area is 130 Å². The van der Waals surface area contributed by atoms with Gasteiger partial charge in [-0.2, -0.15) is 13.2 Å². The van der Waals surface area contributed by atoms with Crippen molar-refractivity contribution in [2.75, 3.05) is 13.1 Å². The molecule has 0 aliphatic heterocycles. The monoisotopic (exact) mass is 382 g/mol. The van der Waals surface area contributed by atoms with Crippen molar-refractivity contribution in [3.63, 3.8) is 0 Å². The molecule has 22 heavy (non-hydrogen) atoms. The molecule has 0 aliphatic carbocycles. The summed E-state index contributed by atoms with van der Waals surface area (Å²) in [6.07, 6.45) is -4.54. The van der Waals surface area contributed by atoms with E-state index in [-0.39, 0.29) is 11.1 Å². The standard InChI is InChI=1S/C12H10BrF3N2O4/c13-8-2-6(1-7(3-8)11(21)22)10(20)17-4-9(19)18-5-12(14,15)16/h1-3H,4-5H2,(H,17,20)(H,18,19)(H,21,22). The van der Waals surface area contributed by atoms with E-state index in [0.29, 0.717) is 4.47 Å². The summed E-state index contributed by atoms with van der Waals surface area (Å²) in [6.45, 7) is -2.16. The van der Waals surface area contributed by atoms with Crippen LogP contribution in [0, 0.1) is 0 Å². The van der Waals surface area contributed by atoms with E-state index < -0.39 is 37.0 Å². The van der Waals surface area contributed by atoms with Crippen molar-refractivity contribution in [2.24, 2.45) is 0 Å². The van der Waals surface area contributed by atoms with Crippen LogP contribution in [0.4, 0.5) is 13.2 Å². The van der Waals surface area contributed by atoms with Crippen molar-refractivity contribution in [2.45, 2.75) is 6.18 Å². The largest absolute Gasteiger partial charge is 0.478 e. The number of hydrogen-bond donors (Lipinski definition) is 3. The van der Waals surface area contributed by atoms with Gasteiger partial charge < -0.3 is 15.7 Å². The Kier molecular flexibility index (Phi) is 5.92. The summed E-state index contributed by atoms with van der Waals surface area (Å²) in [5.74, 6) is -3.05. The number of aromatic carboxylic acids is 1. The SMILES string of the molecule is O=C(CNC(=O)c1cc(Br)cc(C(=O)O)c1)NCC(F)(F)F. The number of carboxylic acid groups (broad SMARTS) is 1. The first kappa shape index (κ1) is 18.0. The highest BCUT2D eigenvalue weighted by molar-refractivity contribution is 9.10. The third-order valence-corrected chi connectivity index (χ3v) is 2.76. The lowest BCUT2D eigenvalue weighted by molar-refractivity contribution is -0.137. The van der Waals surface area contributed by atoms with E-state index in [0.717, 1.165) is 6.07 Å². The van der Waals surface area contributed by atoms with Gasteiger partial charge in [-0.25, -0.2) is 4.79 Å². The lowest BCUT2D eigenvalue weighted by atomic mass is 10.1. The molecular weight excluding hydrogens is 373 g/mol. The van der Waals surface area contributed by atoms with Gasteiger partial charge in [-0.15, -0.1) is 0 Å². The Morgan fingerprint density at radius 2 is 1.68 bits per heavy atom. The summed E-state index contributed by atoms with van der Waals surface area (Å²) in [5, 5.41) is 12.5. The lowest BCUT2D eigenvalue weighted by Gasteiger charge is -2.09. The van der Waals surface area contributed by atoms with Gasteiger partial charge in [0.15, 0.2) is 0 Å². The molecular formula is C12H10BrF3N2O4. The van der Waals surface area contributed by atoms with Crippen molar-refractivity contribution >= 4 is 33.7 Å². The summed E-state index contributed by atoms with van der Waals surface area (Å²) in [6, 6.07) is 3.67. The average Bonchev–Trinajstić information content (AvgIpc) is 2.40. The second kappa shape index (κ2) is 7.25. The summed E-state index contributed by atoms with van der Waals surface area (Å²) < 4.78 is 36.0. The predicted molar refractivity (Wildman–Crippen MR) is 72.5 cm³/mol. The van der Waals surface area contributed by atoms with E-state index >= 15 is 0 Å². The maximum atomic E-state index is 11.9. The zero-order chi connectivity index (χ0) is 16.9. The summed E-state index contributed by atoms with van der Waals surface area (Å²) in [4.78, 5) is 33.7. The van der Waals surface area contributed by atoms with Crippen molar-refractivity contribution in [1.29, 1.82) is 0 Å². The topological polar surface area (TPSA) is 95.5 Å². The van der Waals surface area contributed by atoms with Crippen LogP contribution in [0.2, 0.25) is 0 Å². The van der Waals surface area contributed by atoms with Crippen LogP contribution in [0.1, 0.15) is 20.7 Å². The molecule has 1 aromatic rings. The second-order valence-corrected chi connectivity index (χ2v) is 5.02. The van der Waals surface area contributed by atoms with Crippen LogP contribution in [0.15, 0.2) is 22.7 Å². The molecule has 0 unspecified atom stereocenters. The second-order valence-electron chi connectivity index (χ2n) is 4.11. The van der Waals surface area contributed by atoms with Gasteiger partial charge in [0.05, 0.1) is 12.1 Å². The molecule has 120 valence electrons. The first-order chi connectivity index (χ1) is 10.1. The van der Waals surface area contributed by atoms with E-state index in [2.05, 4.69) is 21.2 Å². The van der Waals surface area contributed by atoms with Crippen LogP contribution < -0.4 is 10.6 Å². The van der Waals surface area contributed by atoms with E-state index in [9.17, 15) is 27.6 Å². The van der Waals surface area contributed by atoms with Crippen LogP contribution in [0.5, 0.6) is 0 Å². The van der Waals surface area contributed by atoms with Crippen LogP contribution in [-0.4, -0.2) is 42.2 Å². The van der Waals surface area contributed by atoms with Crippen molar-refractivity contribution < 1.29 is 32.7 Å². The maximum absolute atomic E-state index is 11.9. The number of halogens is 4. The van der Waals surface area contributed by atoms with Gasteiger partial charge in [-0.3, -0.25) is 9.59 Å². The number of carboxylic acids is 1. The number of carbonyl (C=O) groups is 3. The van der Waals surface area contributed by atoms with Crippen molar-refractivity contribution in [1.82, 2.24) is 10.6 Å². The first-order valence-electron chi connectivity index (χ1n) is 5.74. The van der Waals surface area contributed by atoms with E-state index in [1.807, 2.05) is 0 Å². The van der Waals surface area contributed by atoms with Gasteiger partial charge in [-0.1, -0.05) is 15.9 Å². The number of hydrogen-bond acceptors (Lipinski definition) is 3. The van der Waals surface area contributed by atoms with Gasteiger partial charge in [-0.05, 0) is 18.2 Å². The molecule has 1 aromatic carbocycles. The van der Waals surface area contributed by atoms with Crippen LogP contribution in [0.3, 0.4) is 0 Å². The van der Waals surface area contributed by atoms with Gasteiger partial charge in [0, 0.05) is 10.0 Å². The summed E-state index contributed by atoms with van der Waals surface area (Å²) >= 11 is 3.03. The summed E-state index contributed by atoms with van der Waals surface area (Å²) in [5.41, 5.74) is -0.198.